The molecule has 23 nitrogen and oxygen atoms in total. The zero-order valence-corrected chi connectivity index (χ0v) is 49.3. The van der Waals surface area contributed by atoms with Crippen LogP contribution in [0.25, 0.3) is 0 Å². The first-order chi connectivity index (χ1) is 39.4. The number of aliphatic hydroxyl groups is 11. The van der Waals surface area contributed by atoms with Crippen molar-refractivity contribution in [3.8, 4) is 0 Å². The molecular weight excluding hydrogens is 1070 g/mol. The minimum Gasteiger partial charge on any atom is -0.479 e. The molecule has 3 aliphatic rings. The summed E-state index contributed by atoms with van der Waals surface area (Å²) < 4.78 is 34.7. The molecule has 0 aromatic carbocycles. The maximum absolute atomic E-state index is 13.4. The summed E-state index contributed by atoms with van der Waals surface area (Å²) in [6.45, 7) is 2.19. The summed E-state index contributed by atoms with van der Waals surface area (Å²) in [6.07, 6.45) is 3.04. The van der Waals surface area contributed by atoms with E-state index in [-0.39, 0.29) is 12.3 Å². The first kappa shape index (κ1) is 73.7. The third-order valence-corrected chi connectivity index (χ3v) is 16.0. The van der Waals surface area contributed by atoms with E-state index in [0.717, 1.165) is 51.9 Å². The van der Waals surface area contributed by atoms with Crippen LogP contribution in [0.4, 0.5) is 0 Å². The summed E-state index contributed by atoms with van der Waals surface area (Å²) in [5.74, 6) is -2.92. The van der Waals surface area contributed by atoms with Crippen molar-refractivity contribution in [2.24, 2.45) is 0 Å². The van der Waals surface area contributed by atoms with Gasteiger partial charge < -0.3 is 100 Å². The number of carbonyl (C=O) groups excluding carboxylic acids is 2. The second-order valence-electron chi connectivity index (χ2n) is 22.8. The number of aliphatic hydroxyl groups excluding tert-OH is 11. The van der Waals surface area contributed by atoms with Gasteiger partial charge in [0.2, 0.25) is 11.8 Å². The lowest BCUT2D eigenvalue weighted by atomic mass is 9.87. The van der Waals surface area contributed by atoms with E-state index in [9.17, 15) is 75.7 Å². The van der Waals surface area contributed by atoms with Crippen LogP contribution in [0.2, 0.25) is 0 Å². The zero-order valence-electron chi connectivity index (χ0n) is 49.3. The number of amides is 2. The van der Waals surface area contributed by atoms with E-state index in [2.05, 4.69) is 24.5 Å². The monoisotopic (exact) mass is 1180 g/mol. The average Bonchev–Trinajstić information content (AvgIpc) is 3.65. The van der Waals surface area contributed by atoms with Gasteiger partial charge in [-0.1, -0.05) is 180 Å². The van der Waals surface area contributed by atoms with Crippen molar-refractivity contribution in [1.82, 2.24) is 10.6 Å². The normalized spacial score (nSPS) is 30.2. The number of carboxylic acids is 1. The van der Waals surface area contributed by atoms with Crippen molar-refractivity contribution in [3.05, 3.63) is 12.2 Å². The fourth-order valence-corrected chi connectivity index (χ4v) is 11.0. The number of hydrogen-bond acceptors (Lipinski definition) is 20. The van der Waals surface area contributed by atoms with E-state index in [1.54, 1.807) is 6.08 Å². The molecule has 3 rings (SSSR count). The van der Waals surface area contributed by atoms with Crippen molar-refractivity contribution >= 4 is 17.8 Å². The number of nitrogens with one attached hydrogen (secondary N) is 2. The summed E-state index contributed by atoms with van der Waals surface area (Å²) in [6, 6.07) is -2.73. The third-order valence-electron chi connectivity index (χ3n) is 16.0. The molecule has 0 aromatic heterocycles. The molecule has 14 N–H and O–H groups in total. The first-order valence-corrected chi connectivity index (χ1v) is 31.1. The van der Waals surface area contributed by atoms with Crippen LogP contribution in [0.15, 0.2) is 12.2 Å². The molecule has 0 saturated carbocycles. The molecule has 19 atom stereocenters. The fraction of sp³-hybridized carbons (Fsp3) is 0.915. The number of rotatable bonds is 45. The molecule has 82 heavy (non-hydrogen) atoms. The van der Waals surface area contributed by atoms with E-state index in [1.807, 2.05) is 6.08 Å². The number of hydrogen-bond donors (Lipinski definition) is 14. The van der Waals surface area contributed by atoms with E-state index < -0.39 is 155 Å². The Morgan fingerprint density at radius 1 is 0.561 bits per heavy atom. The van der Waals surface area contributed by atoms with Crippen molar-refractivity contribution in [1.29, 1.82) is 0 Å². The SMILES string of the molecule is CCCCCCCCCCCCC/C=C/[C@@H](O)[C@H](CO[C@@H]1O[C@H](CO)[C@@H](O[C@@H]2O[C@H](CO)[C@H](O)[C@H](O[C@H]3[C@H](O)[C@@H](NC(C)=O)[C@H]([C@H](O)[C@H](O)CO)O[C@H]3C(=O)O)[C@H]2O)[C@H](O)[C@H]1O)NC(=O)CCCCCCCCCCCCCCCCC. The van der Waals surface area contributed by atoms with Crippen LogP contribution in [0, 0.1) is 0 Å². The second-order valence-corrected chi connectivity index (χ2v) is 22.8. The highest BCUT2D eigenvalue weighted by atomic mass is 16.7. The summed E-state index contributed by atoms with van der Waals surface area (Å²) >= 11 is 0. The van der Waals surface area contributed by atoms with E-state index >= 15 is 0 Å². The Labute approximate surface area is 486 Å². The summed E-state index contributed by atoms with van der Waals surface area (Å²) in [7, 11) is 0. The molecule has 0 unspecified atom stereocenters. The van der Waals surface area contributed by atoms with Crippen LogP contribution in [0.5, 0.6) is 0 Å². The van der Waals surface area contributed by atoms with Gasteiger partial charge in [0.05, 0.1) is 44.6 Å². The van der Waals surface area contributed by atoms with Gasteiger partial charge in [-0.05, 0) is 19.3 Å². The van der Waals surface area contributed by atoms with E-state index in [4.69, 9.17) is 28.4 Å². The Morgan fingerprint density at radius 2 is 1.06 bits per heavy atom. The van der Waals surface area contributed by atoms with Crippen molar-refractivity contribution in [2.45, 2.75) is 317 Å². The predicted octanol–water partition coefficient (Wildman–Crippen LogP) is 2.82. The van der Waals surface area contributed by atoms with Crippen molar-refractivity contribution in [2.75, 3.05) is 26.4 Å². The summed E-state index contributed by atoms with van der Waals surface area (Å²) in [5, 5.41) is 135. The van der Waals surface area contributed by atoms with E-state index in [0.29, 0.717) is 12.8 Å². The standard InChI is InChI=1S/C59H108N2O21/c1-4-6-8-10-12-14-16-18-19-21-23-25-27-29-31-33-44(68)61-39(40(66)32-30-28-26-24-22-20-17-15-13-11-9-7-5-2)37-77-58-50(73)49(72)52(43(36-64)79-58)82-59-51(74)54(47(70)42(35-63)78-59)81-55-48(71)45(60-38(3)65)53(46(69)41(67)34-62)80-56(55)57(75)76/h30,32,39-43,45-56,58-59,62-64,66-67,69-74H,4-29,31,33-37H2,1-3H3,(H,60,65)(H,61,68)(H,75,76)/b32-30+/t39-,40+,41+,42+,43+,45+,46+,47-,48+,49+,50+,51+,52+,53+,54-,55-,56+,58+,59-/m0/s1. The topological polar surface area (TPSA) is 373 Å². The quantitative estimate of drug-likeness (QED) is 0.0308. The largest absolute Gasteiger partial charge is 0.479 e. The smallest absolute Gasteiger partial charge is 0.335 e. The number of aliphatic carboxylic acids is 1. The fourth-order valence-electron chi connectivity index (χ4n) is 11.0. The van der Waals surface area contributed by atoms with Crippen LogP contribution < -0.4 is 10.6 Å². The zero-order chi connectivity index (χ0) is 60.4. The number of ether oxygens (including phenoxy) is 6. The van der Waals surface area contributed by atoms with Crippen molar-refractivity contribution in [3.63, 3.8) is 0 Å². The van der Waals surface area contributed by atoms with Gasteiger partial charge in [0, 0.05) is 13.3 Å². The number of carbonyl (C=O) groups is 3. The Kier molecular flexibility index (Phi) is 38.1. The molecule has 0 aliphatic carbocycles. The number of allylic oxidation sites excluding steroid dienone is 1. The molecule has 23 heteroatoms. The minimum atomic E-state index is -2.22. The molecule has 2 amide bonds. The second kappa shape index (κ2) is 42.3. The van der Waals surface area contributed by atoms with Crippen LogP contribution in [-0.2, 0) is 42.8 Å². The first-order valence-electron chi connectivity index (χ1n) is 31.1. The molecule has 0 spiro atoms. The summed E-state index contributed by atoms with van der Waals surface area (Å²) in [4.78, 5) is 38.1. The Morgan fingerprint density at radius 3 is 1.55 bits per heavy atom. The van der Waals surface area contributed by atoms with Gasteiger partial charge in [0.15, 0.2) is 18.7 Å². The highest BCUT2D eigenvalue weighted by molar-refractivity contribution is 5.76. The van der Waals surface area contributed by atoms with E-state index in [1.165, 1.54) is 116 Å². The molecule has 3 fully saturated rings. The lowest BCUT2D eigenvalue weighted by molar-refractivity contribution is -0.367. The van der Waals surface area contributed by atoms with Crippen LogP contribution >= 0.6 is 0 Å². The molecule has 480 valence electrons. The van der Waals surface area contributed by atoms with Crippen LogP contribution in [-0.4, -0.2) is 222 Å². The maximum Gasteiger partial charge on any atom is 0.335 e. The van der Waals surface area contributed by atoms with Gasteiger partial charge in [0.25, 0.3) is 0 Å². The predicted molar refractivity (Wildman–Crippen MR) is 302 cm³/mol. The lowest BCUT2D eigenvalue weighted by Crippen LogP contribution is -2.71. The molecule has 3 aliphatic heterocycles. The van der Waals surface area contributed by atoms with Gasteiger partial charge >= 0.3 is 5.97 Å². The molecule has 0 bridgehead atoms. The average molecular weight is 1180 g/mol. The lowest BCUT2D eigenvalue weighted by Gasteiger charge is -2.49. The highest BCUT2D eigenvalue weighted by Gasteiger charge is 2.57. The van der Waals surface area contributed by atoms with Crippen molar-refractivity contribution < 1.29 is 104 Å². The van der Waals surface area contributed by atoms with Gasteiger partial charge in [-0.3, -0.25) is 9.59 Å². The van der Waals surface area contributed by atoms with Gasteiger partial charge in [0.1, 0.15) is 79.4 Å². The molecule has 0 radical (unpaired) electrons. The Bertz CT molecular complexity index is 1720. The molecule has 3 heterocycles. The molecular formula is C59H108N2O21. The van der Waals surface area contributed by atoms with Gasteiger partial charge in [-0.25, -0.2) is 4.79 Å². The van der Waals surface area contributed by atoms with Crippen LogP contribution in [0.1, 0.15) is 201 Å². The maximum atomic E-state index is 13.4. The molecule has 3 saturated heterocycles. The third kappa shape index (κ3) is 25.8. The Balaban J connectivity index is 1.66. The van der Waals surface area contributed by atoms with Gasteiger partial charge in [-0.15, -0.1) is 0 Å². The van der Waals surface area contributed by atoms with Crippen LogP contribution in [0.3, 0.4) is 0 Å². The number of unbranched alkanes of at least 4 members (excludes halogenated alkanes) is 25. The Hall–Kier alpha value is -2.53. The minimum absolute atomic E-state index is 0.208. The molecule has 0 aromatic rings. The highest BCUT2D eigenvalue weighted by Crippen LogP contribution is 2.35. The van der Waals surface area contributed by atoms with Gasteiger partial charge in [-0.2, -0.15) is 0 Å². The number of carboxylic acid groups (broad SMARTS) is 1. The summed E-state index contributed by atoms with van der Waals surface area (Å²) in [5.41, 5.74) is 0.